The summed E-state index contributed by atoms with van der Waals surface area (Å²) in [5.74, 6) is 0.294. The Hall–Kier alpha value is -1.89. The van der Waals surface area contributed by atoms with Crippen LogP contribution in [0.2, 0.25) is 0 Å². The number of likely N-dealkylation sites (tertiary alicyclic amines) is 1. The molecule has 4 heterocycles. The Bertz CT molecular complexity index is 724. The van der Waals surface area contributed by atoms with Crippen LogP contribution in [0.3, 0.4) is 0 Å². The van der Waals surface area contributed by atoms with Crippen molar-refractivity contribution in [2.45, 2.75) is 90.1 Å². The number of ether oxygens (including phenoxy) is 1. The maximum Gasteiger partial charge on any atom is 0.257 e. The van der Waals surface area contributed by atoms with E-state index >= 15 is 0 Å². The van der Waals surface area contributed by atoms with Crippen LogP contribution in [0, 0.1) is 6.92 Å². The fourth-order valence-electron chi connectivity index (χ4n) is 5.28. The average molecular weight is 389 g/mol. The molecule has 3 saturated heterocycles. The fourth-order valence-corrected chi connectivity index (χ4v) is 5.28. The van der Waals surface area contributed by atoms with E-state index in [1.54, 1.807) is 6.92 Å². The molecule has 1 aromatic heterocycles. The minimum absolute atomic E-state index is 0.0865. The third kappa shape index (κ3) is 3.69. The van der Waals surface area contributed by atoms with Crippen molar-refractivity contribution >= 4 is 11.8 Å². The van der Waals surface area contributed by atoms with Crippen LogP contribution in [0.25, 0.3) is 0 Å². The van der Waals surface area contributed by atoms with Gasteiger partial charge >= 0.3 is 0 Å². The van der Waals surface area contributed by atoms with Crippen LogP contribution in [0.1, 0.15) is 68.4 Å². The van der Waals surface area contributed by atoms with Gasteiger partial charge in [-0.05, 0) is 52.4 Å². The molecule has 0 radical (unpaired) electrons. The van der Waals surface area contributed by atoms with Gasteiger partial charge in [0, 0.05) is 44.8 Å². The number of nitrogens with zero attached hydrogens (tertiary/aromatic N) is 4. The van der Waals surface area contributed by atoms with Gasteiger partial charge in [0.25, 0.3) is 5.91 Å². The first kappa shape index (κ1) is 19.4. The van der Waals surface area contributed by atoms with Crippen molar-refractivity contribution in [1.82, 2.24) is 19.6 Å². The molecule has 3 fully saturated rings. The van der Waals surface area contributed by atoms with E-state index in [0.29, 0.717) is 12.1 Å². The molecular weight excluding hydrogens is 356 g/mol. The van der Waals surface area contributed by atoms with Crippen LogP contribution in [0.4, 0.5) is 0 Å². The number of carbonyl (C=O) groups excluding carboxylic acids is 2. The van der Waals surface area contributed by atoms with Gasteiger partial charge in [0.15, 0.2) is 0 Å². The van der Waals surface area contributed by atoms with Crippen molar-refractivity contribution < 1.29 is 14.3 Å². The summed E-state index contributed by atoms with van der Waals surface area (Å²) in [5, 5.41) is 4.39. The van der Waals surface area contributed by atoms with Gasteiger partial charge in [0.2, 0.25) is 5.91 Å². The second-order valence-corrected chi connectivity index (χ2v) is 8.52. The molecule has 7 nitrogen and oxygen atoms in total. The van der Waals surface area contributed by atoms with Gasteiger partial charge in [-0.1, -0.05) is 0 Å². The maximum atomic E-state index is 12.8. The number of fused-ring (bicyclic) bond motifs is 2. The monoisotopic (exact) mass is 388 g/mol. The van der Waals surface area contributed by atoms with Crippen LogP contribution in [-0.4, -0.2) is 68.8 Å². The SMILES string of the molecule is CCn1cc(C(=O)N2CCC(OC3C[C@H]4CC[C@@H](C3)N4C(C)=O)CC2)c(C)n1. The van der Waals surface area contributed by atoms with E-state index < -0.39 is 0 Å². The van der Waals surface area contributed by atoms with Gasteiger partial charge in [-0.2, -0.15) is 5.10 Å². The largest absolute Gasteiger partial charge is 0.375 e. The summed E-state index contributed by atoms with van der Waals surface area (Å²) in [4.78, 5) is 28.7. The van der Waals surface area contributed by atoms with Crippen LogP contribution in [-0.2, 0) is 16.1 Å². The molecule has 3 aliphatic rings. The molecule has 1 aromatic rings. The lowest BCUT2D eigenvalue weighted by Crippen LogP contribution is -2.49. The van der Waals surface area contributed by atoms with Gasteiger partial charge in [-0.3, -0.25) is 14.3 Å². The Morgan fingerprint density at radius 3 is 2.29 bits per heavy atom. The van der Waals surface area contributed by atoms with E-state index in [9.17, 15) is 9.59 Å². The number of hydrogen-bond donors (Lipinski definition) is 0. The van der Waals surface area contributed by atoms with Crippen molar-refractivity contribution in [1.29, 1.82) is 0 Å². The number of rotatable bonds is 4. The molecule has 2 bridgehead atoms. The van der Waals surface area contributed by atoms with Crippen molar-refractivity contribution in [3.63, 3.8) is 0 Å². The highest BCUT2D eigenvalue weighted by molar-refractivity contribution is 5.95. The molecule has 0 aliphatic carbocycles. The molecule has 0 N–H and O–H groups in total. The van der Waals surface area contributed by atoms with E-state index in [2.05, 4.69) is 10.00 Å². The summed E-state index contributed by atoms with van der Waals surface area (Å²) in [6, 6.07) is 0.724. The van der Waals surface area contributed by atoms with E-state index in [1.165, 1.54) is 0 Å². The summed E-state index contributed by atoms with van der Waals surface area (Å²) in [5.41, 5.74) is 1.52. The van der Waals surface area contributed by atoms with E-state index in [-0.39, 0.29) is 24.0 Å². The molecule has 2 amide bonds. The summed E-state index contributed by atoms with van der Waals surface area (Å²) in [6.45, 7) is 7.85. The molecule has 4 rings (SSSR count). The maximum absolute atomic E-state index is 12.8. The molecule has 28 heavy (non-hydrogen) atoms. The Morgan fingerprint density at radius 2 is 1.75 bits per heavy atom. The van der Waals surface area contributed by atoms with Crippen LogP contribution in [0.15, 0.2) is 6.20 Å². The van der Waals surface area contributed by atoms with Gasteiger partial charge in [-0.15, -0.1) is 0 Å². The molecule has 7 heteroatoms. The Morgan fingerprint density at radius 1 is 1.11 bits per heavy atom. The minimum atomic E-state index is 0.0865. The van der Waals surface area contributed by atoms with Gasteiger partial charge < -0.3 is 14.5 Å². The fraction of sp³-hybridized carbons (Fsp3) is 0.762. The second kappa shape index (κ2) is 7.85. The molecule has 3 atom stereocenters. The lowest BCUT2D eigenvalue weighted by Gasteiger charge is -2.41. The molecule has 3 aliphatic heterocycles. The zero-order valence-electron chi connectivity index (χ0n) is 17.3. The first-order valence-corrected chi connectivity index (χ1v) is 10.7. The van der Waals surface area contributed by atoms with Gasteiger partial charge in [-0.25, -0.2) is 0 Å². The molecule has 154 valence electrons. The summed E-state index contributed by atoms with van der Waals surface area (Å²) in [6.07, 6.45) is 8.25. The van der Waals surface area contributed by atoms with Crippen LogP contribution in [0.5, 0.6) is 0 Å². The van der Waals surface area contributed by atoms with Crippen molar-refractivity contribution in [2.24, 2.45) is 0 Å². The third-order valence-electron chi connectivity index (χ3n) is 6.67. The number of aromatic nitrogens is 2. The molecule has 1 unspecified atom stereocenters. The minimum Gasteiger partial charge on any atom is -0.375 e. The summed E-state index contributed by atoms with van der Waals surface area (Å²) in [7, 11) is 0. The smallest absolute Gasteiger partial charge is 0.257 e. The summed E-state index contributed by atoms with van der Waals surface area (Å²) >= 11 is 0. The number of amides is 2. The summed E-state index contributed by atoms with van der Waals surface area (Å²) < 4.78 is 8.25. The lowest BCUT2D eigenvalue weighted by molar-refractivity contribution is -0.138. The number of aryl methyl sites for hydroxylation is 2. The quantitative estimate of drug-likeness (QED) is 0.794. The van der Waals surface area contributed by atoms with Crippen LogP contribution < -0.4 is 0 Å². The highest BCUT2D eigenvalue weighted by Crippen LogP contribution is 2.37. The highest BCUT2D eigenvalue weighted by Gasteiger charge is 2.43. The molecule has 0 spiro atoms. The highest BCUT2D eigenvalue weighted by atomic mass is 16.5. The molecule has 0 saturated carbocycles. The number of carbonyl (C=O) groups is 2. The molecular formula is C21H32N4O3. The predicted molar refractivity (Wildman–Crippen MR) is 105 cm³/mol. The van der Waals surface area contributed by atoms with Gasteiger partial charge in [0.1, 0.15) is 0 Å². The standard InChI is InChI=1S/C21H32N4O3/c1-4-24-13-20(14(2)22-24)21(27)23-9-7-18(8-10-23)28-19-11-16-5-6-17(12-19)25(16)15(3)26/h13,16-19H,4-12H2,1-3H3/t16-,17+,19?. The Balaban J connectivity index is 1.28. The van der Waals surface area contributed by atoms with E-state index in [1.807, 2.05) is 29.6 Å². The Kier molecular flexibility index (Phi) is 5.45. The lowest BCUT2D eigenvalue weighted by atomic mass is 9.98. The van der Waals surface area contributed by atoms with Crippen LogP contribution >= 0.6 is 0 Å². The van der Waals surface area contributed by atoms with Gasteiger partial charge in [0.05, 0.1) is 23.5 Å². The van der Waals surface area contributed by atoms with E-state index in [4.69, 9.17) is 4.74 Å². The number of hydrogen-bond acceptors (Lipinski definition) is 4. The zero-order valence-corrected chi connectivity index (χ0v) is 17.3. The zero-order chi connectivity index (χ0) is 19.8. The normalized spacial score (nSPS) is 28.0. The third-order valence-corrected chi connectivity index (χ3v) is 6.67. The number of piperidine rings is 2. The Labute approximate surface area is 167 Å². The van der Waals surface area contributed by atoms with E-state index in [0.717, 1.165) is 69.4 Å². The first-order chi connectivity index (χ1) is 13.5. The van der Waals surface area contributed by atoms with Crippen molar-refractivity contribution in [3.8, 4) is 0 Å². The van der Waals surface area contributed by atoms with Crippen molar-refractivity contribution in [2.75, 3.05) is 13.1 Å². The van der Waals surface area contributed by atoms with Crippen molar-refractivity contribution in [3.05, 3.63) is 17.5 Å². The molecule has 0 aromatic carbocycles. The first-order valence-electron chi connectivity index (χ1n) is 10.7. The predicted octanol–water partition coefficient (Wildman–Crippen LogP) is 2.37. The topological polar surface area (TPSA) is 67.7 Å². The average Bonchev–Trinajstić information content (AvgIpc) is 3.19. The second-order valence-electron chi connectivity index (χ2n) is 8.52.